The maximum Gasteiger partial charge on any atom is 0.191 e. The van der Waals surface area contributed by atoms with Gasteiger partial charge in [-0.15, -0.1) is 0 Å². The standard InChI is InChI=1S/C12H16FN3O/c13-11-3-1-10(2-4-11)9-15-12(14)16-5-7-17-8-6-16/h1-4H,5-9H2,(H2,14,15). The largest absolute Gasteiger partial charge is 0.378 e. The Labute approximate surface area is 99.9 Å². The number of morpholine rings is 1. The van der Waals surface area contributed by atoms with Crippen LogP contribution in [0.5, 0.6) is 0 Å². The van der Waals surface area contributed by atoms with Gasteiger partial charge in [0.05, 0.1) is 19.8 Å². The molecule has 2 rings (SSSR count). The molecule has 1 aromatic rings. The Bertz CT molecular complexity index is 385. The Hall–Kier alpha value is -1.62. The highest BCUT2D eigenvalue weighted by Crippen LogP contribution is 2.04. The van der Waals surface area contributed by atoms with E-state index < -0.39 is 0 Å². The van der Waals surface area contributed by atoms with E-state index in [2.05, 4.69) is 4.99 Å². The summed E-state index contributed by atoms with van der Waals surface area (Å²) in [5.41, 5.74) is 6.82. The summed E-state index contributed by atoms with van der Waals surface area (Å²) in [6.07, 6.45) is 0. The molecule has 0 unspecified atom stereocenters. The van der Waals surface area contributed by atoms with Gasteiger partial charge < -0.3 is 15.4 Å². The van der Waals surface area contributed by atoms with Crippen molar-refractivity contribution < 1.29 is 9.13 Å². The third-order valence-electron chi connectivity index (χ3n) is 2.67. The molecule has 1 aliphatic heterocycles. The van der Waals surface area contributed by atoms with E-state index in [0.717, 1.165) is 18.7 Å². The summed E-state index contributed by atoms with van der Waals surface area (Å²) >= 11 is 0. The number of benzene rings is 1. The van der Waals surface area contributed by atoms with Crippen LogP contribution in [0.4, 0.5) is 4.39 Å². The lowest BCUT2D eigenvalue weighted by atomic mass is 10.2. The van der Waals surface area contributed by atoms with Crippen molar-refractivity contribution in [3.05, 3.63) is 35.6 Å². The molecule has 92 valence electrons. The first-order valence-corrected chi connectivity index (χ1v) is 5.63. The van der Waals surface area contributed by atoms with Gasteiger partial charge in [-0.1, -0.05) is 12.1 Å². The maximum atomic E-state index is 12.7. The van der Waals surface area contributed by atoms with Gasteiger partial charge in [0.25, 0.3) is 0 Å². The van der Waals surface area contributed by atoms with Crippen molar-refractivity contribution in [3.63, 3.8) is 0 Å². The fraction of sp³-hybridized carbons (Fsp3) is 0.417. The van der Waals surface area contributed by atoms with Gasteiger partial charge in [-0.05, 0) is 17.7 Å². The molecule has 0 bridgehead atoms. The second-order valence-corrected chi connectivity index (χ2v) is 3.90. The van der Waals surface area contributed by atoms with E-state index >= 15 is 0 Å². The Balaban J connectivity index is 1.92. The average Bonchev–Trinajstić information content (AvgIpc) is 2.39. The van der Waals surface area contributed by atoms with E-state index in [9.17, 15) is 4.39 Å². The molecule has 1 fully saturated rings. The van der Waals surface area contributed by atoms with Crippen LogP contribution in [0, 0.1) is 5.82 Å². The van der Waals surface area contributed by atoms with Gasteiger partial charge >= 0.3 is 0 Å². The minimum atomic E-state index is -0.237. The van der Waals surface area contributed by atoms with Crippen molar-refractivity contribution in [3.8, 4) is 0 Å². The maximum absolute atomic E-state index is 12.7. The summed E-state index contributed by atoms with van der Waals surface area (Å²) in [6.45, 7) is 3.40. The molecule has 0 amide bonds. The van der Waals surface area contributed by atoms with Crippen molar-refractivity contribution >= 4 is 5.96 Å². The number of ether oxygens (including phenoxy) is 1. The van der Waals surface area contributed by atoms with Gasteiger partial charge in [-0.3, -0.25) is 0 Å². The fourth-order valence-corrected chi connectivity index (χ4v) is 1.65. The van der Waals surface area contributed by atoms with Crippen LogP contribution in [0.15, 0.2) is 29.3 Å². The number of nitrogens with two attached hydrogens (primary N) is 1. The summed E-state index contributed by atoms with van der Waals surface area (Å²) in [4.78, 5) is 6.28. The minimum Gasteiger partial charge on any atom is -0.378 e. The first kappa shape index (κ1) is 11.9. The summed E-state index contributed by atoms with van der Waals surface area (Å²) < 4.78 is 17.9. The van der Waals surface area contributed by atoms with Crippen LogP contribution in [0.25, 0.3) is 0 Å². The molecule has 1 saturated heterocycles. The lowest BCUT2D eigenvalue weighted by Crippen LogP contribution is -2.44. The van der Waals surface area contributed by atoms with Gasteiger partial charge in [-0.2, -0.15) is 0 Å². The molecule has 17 heavy (non-hydrogen) atoms. The van der Waals surface area contributed by atoms with Gasteiger partial charge in [-0.25, -0.2) is 9.38 Å². The zero-order valence-corrected chi connectivity index (χ0v) is 9.60. The molecule has 0 aliphatic carbocycles. The number of hydrogen-bond acceptors (Lipinski definition) is 2. The summed E-state index contributed by atoms with van der Waals surface area (Å²) in [5.74, 6) is 0.288. The van der Waals surface area contributed by atoms with E-state index in [-0.39, 0.29) is 5.82 Å². The van der Waals surface area contributed by atoms with E-state index in [1.807, 2.05) is 4.90 Å². The number of guanidine groups is 1. The molecule has 1 aromatic carbocycles. The molecule has 2 N–H and O–H groups in total. The third kappa shape index (κ3) is 3.42. The predicted molar refractivity (Wildman–Crippen MR) is 64.1 cm³/mol. The van der Waals surface area contributed by atoms with E-state index in [1.54, 1.807) is 12.1 Å². The highest BCUT2D eigenvalue weighted by molar-refractivity contribution is 5.78. The van der Waals surface area contributed by atoms with Crippen LogP contribution < -0.4 is 5.73 Å². The molecular formula is C12H16FN3O. The van der Waals surface area contributed by atoms with Crippen LogP contribution in [0.2, 0.25) is 0 Å². The molecule has 1 heterocycles. The Morgan fingerprint density at radius 1 is 1.29 bits per heavy atom. The zero-order chi connectivity index (χ0) is 12.1. The van der Waals surface area contributed by atoms with Crippen LogP contribution in [-0.4, -0.2) is 37.2 Å². The van der Waals surface area contributed by atoms with E-state index in [4.69, 9.17) is 10.5 Å². The molecule has 5 heteroatoms. The van der Waals surface area contributed by atoms with Crippen molar-refractivity contribution in [2.45, 2.75) is 6.54 Å². The number of halogens is 1. The molecule has 0 saturated carbocycles. The topological polar surface area (TPSA) is 50.8 Å². The fourth-order valence-electron chi connectivity index (χ4n) is 1.65. The average molecular weight is 237 g/mol. The number of nitrogens with zero attached hydrogens (tertiary/aromatic N) is 2. The molecule has 4 nitrogen and oxygen atoms in total. The van der Waals surface area contributed by atoms with Gasteiger partial charge in [0, 0.05) is 13.1 Å². The van der Waals surface area contributed by atoms with Crippen LogP contribution in [0.3, 0.4) is 0 Å². The predicted octanol–water partition coefficient (Wildman–Crippen LogP) is 0.973. The quantitative estimate of drug-likeness (QED) is 0.616. The SMILES string of the molecule is NC(=NCc1ccc(F)cc1)N1CCOCC1. The van der Waals surface area contributed by atoms with E-state index in [1.165, 1.54) is 12.1 Å². The first-order valence-electron chi connectivity index (χ1n) is 5.63. The molecule has 0 spiro atoms. The Morgan fingerprint density at radius 2 is 1.94 bits per heavy atom. The molecule has 0 radical (unpaired) electrons. The summed E-state index contributed by atoms with van der Waals surface area (Å²) in [6, 6.07) is 6.28. The second-order valence-electron chi connectivity index (χ2n) is 3.90. The zero-order valence-electron chi connectivity index (χ0n) is 9.60. The highest BCUT2D eigenvalue weighted by atomic mass is 19.1. The first-order chi connectivity index (χ1) is 8.25. The minimum absolute atomic E-state index is 0.237. The van der Waals surface area contributed by atoms with Crippen molar-refractivity contribution in [1.29, 1.82) is 0 Å². The lowest BCUT2D eigenvalue weighted by Gasteiger charge is -2.27. The van der Waals surface area contributed by atoms with Gasteiger partial charge in [0.15, 0.2) is 5.96 Å². The second kappa shape index (κ2) is 5.63. The number of aliphatic imine (C=N–C) groups is 1. The van der Waals surface area contributed by atoms with Crippen molar-refractivity contribution in [2.75, 3.05) is 26.3 Å². The van der Waals surface area contributed by atoms with Gasteiger partial charge in [0.1, 0.15) is 5.82 Å². The summed E-state index contributed by atoms with van der Waals surface area (Å²) in [5, 5.41) is 0. The number of hydrogen-bond donors (Lipinski definition) is 1. The molecule has 1 aliphatic rings. The summed E-state index contributed by atoms with van der Waals surface area (Å²) in [7, 11) is 0. The smallest absolute Gasteiger partial charge is 0.191 e. The van der Waals surface area contributed by atoms with Crippen LogP contribution >= 0.6 is 0 Å². The lowest BCUT2D eigenvalue weighted by molar-refractivity contribution is 0.0674. The monoisotopic (exact) mass is 237 g/mol. The molecule has 0 aromatic heterocycles. The van der Waals surface area contributed by atoms with E-state index in [0.29, 0.717) is 25.7 Å². The number of rotatable bonds is 2. The Morgan fingerprint density at radius 3 is 2.59 bits per heavy atom. The Kier molecular flexibility index (Phi) is 3.93. The van der Waals surface area contributed by atoms with Crippen LogP contribution in [-0.2, 0) is 11.3 Å². The van der Waals surface area contributed by atoms with Crippen molar-refractivity contribution in [2.24, 2.45) is 10.7 Å². The highest BCUT2D eigenvalue weighted by Gasteiger charge is 2.11. The van der Waals surface area contributed by atoms with Gasteiger partial charge in [0.2, 0.25) is 0 Å². The third-order valence-corrected chi connectivity index (χ3v) is 2.67. The molecular weight excluding hydrogens is 221 g/mol. The van der Waals surface area contributed by atoms with Crippen molar-refractivity contribution in [1.82, 2.24) is 4.90 Å². The normalized spacial score (nSPS) is 17.2. The molecule has 0 atom stereocenters. The van der Waals surface area contributed by atoms with Crippen LogP contribution in [0.1, 0.15) is 5.56 Å².